The maximum Gasteiger partial charge on any atom is 0.137 e. The van der Waals surface area contributed by atoms with Gasteiger partial charge in [0.1, 0.15) is 5.82 Å². The second-order valence-electron chi connectivity index (χ2n) is 4.71. The Hall–Kier alpha value is -1.32. The fourth-order valence-electron chi connectivity index (χ4n) is 2.07. The van der Waals surface area contributed by atoms with Crippen molar-refractivity contribution in [2.24, 2.45) is 0 Å². The third-order valence-corrected chi connectivity index (χ3v) is 3.97. The summed E-state index contributed by atoms with van der Waals surface area (Å²) in [6.07, 6.45) is 0. The van der Waals surface area contributed by atoms with Crippen molar-refractivity contribution in [3.05, 3.63) is 64.5 Å². The maximum atomic E-state index is 13.8. The second kappa shape index (κ2) is 6.22. The summed E-state index contributed by atoms with van der Waals surface area (Å²) >= 11 is 1.48. The van der Waals surface area contributed by atoms with Crippen LogP contribution in [-0.2, 0) is 12.4 Å². The first-order valence-electron chi connectivity index (χ1n) is 6.18. The first-order valence-corrected chi connectivity index (χ1v) is 7.16. The summed E-state index contributed by atoms with van der Waals surface area (Å²) in [7, 11) is 0. The van der Waals surface area contributed by atoms with Crippen molar-refractivity contribution in [3.8, 4) is 0 Å². The molecule has 0 aromatic heterocycles. The molecule has 0 unspecified atom stereocenters. The molecule has 2 aromatic carbocycles. The number of thioether (sulfide) groups is 1. The average Bonchev–Trinajstić information content (AvgIpc) is 2.36. The van der Waals surface area contributed by atoms with Gasteiger partial charge in [-0.3, -0.25) is 0 Å². The molecule has 0 spiro atoms. The van der Waals surface area contributed by atoms with Crippen LogP contribution < -0.4 is 0 Å². The maximum absolute atomic E-state index is 13.8. The van der Waals surface area contributed by atoms with Crippen molar-refractivity contribution in [2.75, 3.05) is 0 Å². The van der Waals surface area contributed by atoms with Crippen LogP contribution in [0.15, 0.2) is 41.3 Å². The van der Waals surface area contributed by atoms with Crippen molar-refractivity contribution in [3.63, 3.8) is 0 Å². The molecule has 1 nitrogen and oxygen atoms in total. The monoisotopic (exact) mass is 276 g/mol. The average molecular weight is 276 g/mol. The van der Waals surface area contributed by atoms with Gasteiger partial charge in [-0.2, -0.15) is 0 Å². The smallest absolute Gasteiger partial charge is 0.137 e. The number of rotatable bonds is 4. The number of hydrogen-bond acceptors (Lipinski definition) is 2. The fourth-order valence-corrected chi connectivity index (χ4v) is 2.92. The highest BCUT2D eigenvalue weighted by atomic mass is 32.2. The highest BCUT2D eigenvalue weighted by molar-refractivity contribution is 7.98. The van der Waals surface area contributed by atoms with Gasteiger partial charge in [-0.1, -0.05) is 35.4 Å². The molecule has 0 heterocycles. The van der Waals surface area contributed by atoms with Crippen molar-refractivity contribution in [1.82, 2.24) is 0 Å². The van der Waals surface area contributed by atoms with Gasteiger partial charge in [-0.15, -0.1) is 11.8 Å². The molecule has 0 saturated carbocycles. The van der Waals surface area contributed by atoms with E-state index in [0.29, 0.717) is 10.5 Å². The third kappa shape index (κ3) is 3.82. The van der Waals surface area contributed by atoms with Crippen LogP contribution in [0.3, 0.4) is 0 Å². The van der Waals surface area contributed by atoms with Crippen LogP contribution in [0.4, 0.5) is 4.39 Å². The van der Waals surface area contributed by atoms with E-state index in [-0.39, 0.29) is 12.4 Å². The van der Waals surface area contributed by atoms with Crippen LogP contribution in [-0.4, -0.2) is 5.11 Å². The van der Waals surface area contributed by atoms with Gasteiger partial charge in [-0.25, -0.2) is 4.39 Å². The SMILES string of the molecule is Cc1cc(C)cc(CSc2ccc(CO)cc2F)c1. The molecule has 1 N–H and O–H groups in total. The van der Waals surface area contributed by atoms with E-state index in [2.05, 4.69) is 32.0 Å². The summed E-state index contributed by atoms with van der Waals surface area (Å²) in [6, 6.07) is 11.3. The normalized spacial score (nSPS) is 10.7. The summed E-state index contributed by atoms with van der Waals surface area (Å²) in [6.45, 7) is 4.01. The quantitative estimate of drug-likeness (QED) is 0.843. The minimum atomic E-state index is -0.263. The number of aryl methyl sites for hydroxylation is 2. The summed E-state index contributed by atoms with van der Waals surface area (Å²) in [4.78, 5) is 0.622. The van der Waals surface area contributed by atoms with E-state index in [4.69, 9.17) is 5.11 Å². The molecular weight excluding hydrogens is 259 g/mol. The number of benzene rings is 2. The zero-order valence-corrected chi connectivity index (χ0v) is 11.9. The molecule has 0 amide bonds. The van der Waals surface area contributed by atoms with Crippen LogP contribution in [0.5, 0.6) is 0 Å². The molecule has 0 aliphatic heterocycles. The lowest BCUT2D eigenvalue weighted by atomic mass is 10.1. The lowest BCUT2D eigenvalue weighted by Gasteiger charge is -2.07. The molecule has 0 aliphatic rings. The topological polar surface area (TPSA) is 20.2 Å². The van der Waals surface area contributed by atoms with Crippen LogP contribution in [0.1, 0.15) is 22.3 Å². The van der Waals surface area contributed by atoms with Crippen molar-refractivity contribution in [1.29, 1.82) is 0 Å². The van der Waals surface area contributed by atoms with Gasteiger partial charge < -0.3 is 5.11 Å². The van der Waals surface area contributed by atoms with E-state index < -0.39 is 0 Å². The predicted molar refractivity (Wildman–Crippen MR) is 77.8 cm³/mol. The van der Waals surface area contributed by atoms with Crippen LogP contribution in [0.25, 0.3) is 0 Å². The molecule has 0 fully saturated rings. The minimum Gasteiger partial charge on any atom is -0.392 e. The van der Waals surface area contributed by atoms with Gasteiger partial charge in [-0.05, 0) is 37.1 Å². The molecule has 0 radical (unpaired) electrons. The lowest BCUT2D eigenvalue weighted by molar-refractivity contribution is 0.281. The van der Waals surface area contributed by atoms with E-state index in [1.807, 2.05) is 0 Å². The molecule has 2 aromatic rings. The summed E-state index contributed by atoms with van der Waals surface area (Å²) in [5, 5.41) is 8.95. The predicted octanol–water partition coefficient (Wildman–Crippen LogP) is 4.23. The third-order valence-electron chi connectivity index (χ3n) is 2.85. The Morgan fingerprint density at radius 3 is 2.26 bits per heavy atom. The Balaban J connectivity index is 2.10. The summed E-state index contributed by atoms with van der Waals surface area (Å²) in [5.74, 6) is 0.485. The van der Waals surface area contributed by atoms with E-state index in [9.17, 15) is 4.39 Å². The van der Waals surface area contributed by atoms with Gasteiger partial charge in [0.15, 0.2) is 0 Å². The lowest BCUT2D eigenvalue weighted by Crippen LogP contribution is -1.89. The Bertz CT molecular complexity index is 561. The van der Waals surface area contributed by atoms with Gasteiger partial charge >= 0.3 is 0 Å². The Kier molecular flexibility index (Phi) is 4.61. The summed E-state index contributed by atoms with van der Waals surface area (Å²) in [5.41, 5.74) is 4.26. The molecule has 3 heteroatoms. The molecule has 0 saturated heterocycles. The number of aliphatic hydroxyl groups is 1. The molecule has 0 aliphatic carbocycles. The van der Waals surface area contributed by atoms with Gasteiger partial charge in [0, 0.05) is 10.6 Å². The molecular formula is C16H17FOS. The van der Waals surface area contributed by atoms with Crippen molar-refractivity contribution in [2.45, 2.75) is 31.1 Å². The van der Waals surface area contributed by atoms with Gasteiger partial charge in [0.2, 0.25) is 0 Å². The Morgan fingerprint density at radius 1 is 1.00 bits per heavy atom. The molecule has 100 valence electrons. The van der Waals surface area contributed by atoms with E-state index in [1.54, 1.807) is 12.1 Å². The van der Waals surface area contributed by atoms with Crippen LogP contribution >= 0.6 is 11.8 Å². The summed E-state index contributed by atoms with van der Waals surface area (Å²) < 4.78 is 13.8. The van der Waals surface area contributed by atoms with Crippen LogP contribution in [0.2, 0.25) is 0 Å². The molecule has 0 atom stereocenters. The minimum absolute atomic E-state index is 0.126. The van der Waals surface area contributed by atoms with Crippen molar-refractivity contribution >= 4 is 11.8 Å². The molecule has 0 bridgehead atoms. The number of aliphatic hydroxyl groups excluding tert-OH is 1. The first-order chi connectivity index (χ1) is 9.08. The zero-order valence-electron chi connectivity index (χ0n) is 11.1. The largest absolute Gasteiger partial charge is 0.392 e. The molecule has 2 rings (SSSR count). The first kappa shape index (κ1) is 14.1. The van der Waals surface area contributed by atoms with E-state index >= 15 is 0 Å². The van der Waals surface area contributed by atoms with E-state index in [0.717, 1.165) is 5.75 Å². The highest BCUT2D eigenvalue weighted by Gasteiger charge is 2.05. The second-order valence-corrected chi connectivity index (χ2v) is 5.72. The number of halogens is 1. The zero-order chi connectivity index (χ0) is 13.8. The molecule has 19 heavy (non-hydrogen) atoms. The fraction of sp³-hybridized carbons (Fsp3) is 0.250. The van der Waals surface area contributed by atoms with Crippen LogP contribution in [0, 0.1) is 19.7 Å². The number of hydrogen-bond donors (Lipinski definition) is 1. The van der Waals surface area contributed by atoms with Crippen molar-refractivity contribution < 1.29 is 9.50 Å². The Labute approximate surface area is 117 Å². The Morgan fingerprint density at radius 2 is 1.68 bits per heavy atom. The van der Waals surface area contributed by atoms with Gasteiger partial charge in [0.25, 0.3) is 0 Å². The van der Waals surface area contributed by atoms with Gasteiger partial charge in [0.05, 0.1) is 6.61 Å². The standard InChI is InChI=1S/C16H17FOS/c1-11-5-12(2)7-14(6-11)10-19-16-4-3-13(9-18)8-15(16)17/h3-8,18H,9-10H2,1-2H3. The highest BCUT2D eigenvalue weighted by Crippen LogP contribution is 2.27. The van der Waals surface area contributed by atoms with E-state index in [1.165, 1.54) is 34.5 Å².